The fraction of sp³-hybridized carbons (Fsp3) is 0.667. The lowest BCUT2D eigenvalue weighted by atomic mass is 9.85. The highest BCUT2D eigenvalue weighted by molar-refractivity contribution is 5.78. The van der Waals surface area contributed by atoms with Gasteiger partial charge in [-0.25, -0.2) is 0 Å². The minimum absolute atomic E-state index is 0.000346. The average Bonchev–Trinajstić information content (AvgIpc) is 1.98. The molecule has 0 aromatic heterocycles. The summed E-state index contributed by atoms with van der Waals surface area (Å²) in [6, 6.07) is 0. The van der Waals surface area contributed by atoms with Crippen molar-refractivity contribution < 1.29 is 14.7 Å². The summed E-state index contributed by atoms with van der Waals surface area (Å²) in [5, 5.41) is 8.71. The molecule has 0 rings (SSSR count). The van der Waals surface area contributed by atoms with Crippen molar-refractivity contribution in [2.45, 2.75) is 33.6 Å². The molecule has 0 bridgehead atoms. The minimum atomic E-state index is -0.875. The molecule has 16 heavy (non-hydrogen) atoms. The molecule has 0 radical (unpaired) electrons. The van der Waals surface area contributed by atoms with Gasteiger partial charge in [0.2, 0.25) is 5.91 Å². The summed E-state index contributed by atoms with van der Waals surface area (Å²) < 4.78 is 0. The normalized spacial score (nSPS) is 11.0. The molecule has 1 amide bonds. The number of carboxylic acids is 1. The molecular formula is C12H21NO3. The van der Waals surface area contributed by atoms with Gasteiger partial charge in [0.25, 0.3) is 0 Å². The van der Waals surface area contributed by atoms with Crippen LogP contribution in [0.25, 0.3) is 0 Å². The van der Waals surface area contributed by atoms with Crippen molar-refractivity contribution in [1.82, 2.24) is 4.90 Å². The lowest BCUT2D eigenvalue weighted by Gasteiger charge is -2.25. The van der Waals surface area contributed by atoms with Gasteiger partial charge >= 0.3 is 5.97 Å². The monoisotopic (exact) mass is 227 g/mol. The minimum Gasteiger partial charge on any atom is -0.481 e. The van der Waals surface area contributed by atoms with Crippen molar-refractivity contribution in [1.29, 1.82) is 0 Å². The highest BCUT2D eigenvalue weighted by Crippen LogP contribution is 2.25. The Bertz CT molecular complexity index is 295. The highest BCUT2D eigenvalue weighted by atomic mass is 16.4. The highest BCUT2D eigenvalue weighted by Gasteiger charge is 2.26. The van der Waals surface area contributed by atoms with Crippen molar-refractivity contribution in [3.8, 4) is 0 Å². The SMILES string of the molecule is C=C(C)CN(C)C(=O)CC(C)(C)CC(=O)O. The van der Waals surface area contributed by atoms with E-state index in [2.05, 4.69) is 6.58 Å². The van der Waals surface area contributed by atoms with Crippen LogP contribution in [-0.2, 0) is 9.59 Å². The number of carbonyl (C=O) groups excluding carboxylic acids is 1. The maximum atomic E-state index is 11.8. The zero-order valence-electron chi connectivity index (χ0n) is 10.5. The van der Waals surface area contributed by atoms with Gasteiger partial charge in [-0.3, -0.25) is 9.59 Å². The lowest BCUT2D eigenvalue weighted by molar-refractivity contribution is -0.140. The second-order valence-electron chi connectivity index (χ2n) is 5.12. The second-order valence-corrected chi connectivity index (χ2v) is 5.12. The number of hydrogen-bond acceptors (Lipinski definition) is 2. The molecule has 0 saturated carbocycles. The van der Waals surface area contributed by atoms with E-state index in [1.54, 1.807) is 25.8 Å². The molecule has 4 nitrogen and oxygen atoms in total. The van der Waals surface area contributed by atoms with Crippen molar-refractivity contribution >= 4 is 11.9 Å². The van der Waals surface area contributed by atoms with E-state index >= 15 is 0 Å². The number of rotatable bonds is 6. The molecule has 0 spiro atoms. The topological polar surface area (TPSA) is 57.6 Å². The van der Waals surface area contributed by atoms with E-state index in [1.807, 2.05) is 6.92 Å². The van der Waals surface area contributed by atoms with Crippen molar-refractivity contribution in [2.24, 2.45) is 5.41 Å². The Labute approximate surface area is 96.9 Å². The van der Waals surface area contributed by atoms with Gasteiger partial charge < -0.3 is 10.0 Å². The molecule has 0 fully saturated rings. The van der Waals surface area contributed by atoms with E-state index in [0.717, 1.165) is 5.57 Å². The largest absolute Gasteiger partial charge is 0.481 e. The van der Waals surface area contributed by atoms with Crippen molar-refractivity contribution in [3.05, 3.63) is 12.2 Å². The summed E-state index contributed by atoms with van der Waals surface area (Å²) in [4.78, 5) is 23.9. The molecule has 0 aromatic carbocycles. The summed E-state index contributed by atoms with van der Waals surface area (Å²) in [5.41, 5.74) is 0.401. The fourth-order valence-corrected chi connectivity index (χ4v) is 1.51. The van der Waals surface area contributed by atoms with E-state index in [9.17, 15) is 9.59 Å². The summed E-state index contributed by atoms with van der Waals surface area (Å²) in [6.07, 6.45) is 0.239. The van der Waals surface area contributed by atoms with Crippen LogP contribution >= 0.6 is 0 Å². The predicted molar refractivity (Wildman–Crippen MR) is 63.1 cm³/mol. The van der Waals surface area contributed by atoms with Crippen LogP contribution in [0.1, 0.15) is 33.6 Å². The molecule has 0 saturated heterocycles. The third-order valence-electron chi connectivity index (χ3n) is 2.19. The number of carbonyl (C=O) groups is 2. The van der Waals surface area contributed by atoms with Crippen LogP contribution < -0.4 is 0 Å². The molecule has 1 N–H and O–H groups in total. The van der Waals surface area contributed by atoms with Gasteiger partial charge in [-0.15, -0.1) is 0 Å². The predicted octanol–water partition coefficient (Wildman–Crippen LogP) is 1.91. The van der Waals surface area contributed by atoms with Crippen LogP contribution in [0.5, 0.6) is 0 Å². The number of carboxylic acid groups (broad SMARTS) is 1. The van der Waals surface area contributed by atoms with Crippen molar-refractivity contribution in [3.63, 3.8) is 0 Å². The Morgan fingerprint density at radius 3 is 2.19 bits per heavy atom. The summed E-state index contributed by atoms with van der Waals surface area (Å²) in [7, 11) is 1.70. The van der Waals surface area contributed by atoms with Crippen LogP contribution in [0, 0.1) is 5.41 Å². The molecule has 92 valence electrons. The second kappa shape index (κ2) is 5.68. The summed E-state index contributed by atoms with van der Waals surface area (Å²) >= 11 is 0. The maximum absolute atomic E-state index is 11.8. The first-order valence-corrected chi connectivity index (χ1v) is 5.24. The Morgan fingerprint density at radius 1 is 1.31 bits per heavy atom. The van der Waals surface area contributed by atoms with E-state index in [1.165, 1.54) is 0 Å². The molecule has 0 aliphatic carbocycles. The Balaban J connectivity index is 4.32. The number of aliphatic carboxylic acids is 1. The lowest BCUT2D eigenvalue weighted by Crippen LogP contribution is -2.32. The number of hydrogen-bond donors (Lipinski definition) is 1. The first kappa shape index (κ1) is 14.7. The smallest absolute Gasteiger partial charge is 0.303 e. The quantitative estimate of drug-likeness (QED) is 0.705. The molecule has 0 unspecified atom stereocenters. The number of amides is 1. The number of likely N-dealkylation sites (N-methyl/N-ethyl adjacent to an activating group) is 1. The van der Waals surface area contributed by atoms with Crippen LogP contribution in [-0.4, -0.2) is 35.5 Å². The number of nitrogens with zero attached hydrogens (tertiary/aromatic N) is 1. The van der Waals surface area contributed by atoms with Crippen LogP contribution in [0.15, 0.2) is 12.2 Å². The molecule has 0 aliphatic heterocycles. The van der Waals surface area contributed by atoms with Gasteiger partial charge in [0.15, 0.2) is 0 Å². The summed E-state index contributed by atoms with van der Waals surface area (Å²) in [6.45, 7) is 9.67. The van der Waals surface area contributed by atoms with E-state index in [-0.39, 0.29) is 18.7 Å². The Morgan fingerprint density at radius 2 is 1.81 bits per heavy atom. The van der Waals surface area contributed by atoms with Gasteiger partial charge in [0.05, 0.1) is 6.42 Å². The molecule has 0 aliphatic rings. The molecular weight excluding hydrogens is 206 g/mol. The van der Waals surface area contributed by atoms with Gasteiger partial charge in [0.1, 0.15) is 0 Å². The van der Waals surface area contributed by atoms with Gasteiger partial charge in [-0.05, 0) is 12.3 Å². The maximum Gasteiger partial charge on any atom is 0.303 e. The molecule has 0 heterocycles. The Hall–Kier alpha value is -1.32. The summed E-state index contributed by atoms with van der Waals surface area (Å²) in [5.74, 6) is -0.922. The molecule has 4 heteroatoms. The van der Waals surface area contributed by atoms with E-state index < -0.39 is 11.4 Å². The molecule has 0 atom stereocenters. The zero-order chi connectivity index (χ0) is 12.9. The Kier molecular flexibility index (Phi) is 5.21. The first-order chi connectivity index (χ1) is 7.14. The zero-order valence-corrected chi connectivity index (χ0v) is 10.5. The molecule has 0 aromatic rings. The fourth-order valence-electron chi connectivity index (χ4n) is 1.51. The van der Waals surface area contributed by atoms with Crippen molar-refractivity contribution in [2.75, 3.05) is 13.6 Å². The standard InChI is InChI=1S/C12H21NO3/c1-9(2)8-13(5)10(14)6-12(3,4)7-11(15)16/h1,6-8H2,2-5H3,(H,15,16). The first-order valence-electron chi connectivity index (χ1n) is 5.24. The third-order valence-corrected chi connectivity index (χ3v) is 2.19. The third kappa shape index (κ3) is 6.22. The van der Waals surface area contributed by atoms with Gasteiger partial charge in [-0.2, -0.15) is 0 Å². The average molecular weight is 227 g/mol. The van der Waals surface area contributed by atoms with E-state index in [0.29, 0.717) is 6.54 Å². The van der Waals surface area contributed by atoms with Crippen LogP contribution in [0.3, 0.4) is 0 Å². The van der Waals surface area contributed by atoms with E-state index in [4.69, 9.17) is 5.11 Å². The van der Waals surface area contributed by atoms with Crippen LogP contribution in [0.2, 0.25) is 0 Å². The van der Waals surface area contributed by atoms with Crippen LogP contribution in [0.4, 0.5) is 0 Å². The van der Waals surface area contributed by atoms with Gasteiger partial charge in [0, 0.05) is 20.0 Å². The van der Waals surface area contributed by atoms with Gasteiger partial charge in [-0.1, -0.05) is 26.0 Å².